The Labute approximate surface area is 196 Å². The zero-order chi connectivity index (χ0) is 24.3. The van der Waals surface area contributed by atoms with Gasteiger partial charge in [0.25, 0.3) is 11.8 Å². The van der Waals surface area contributed by atoms with Gasteiger partial charge in [0.2, 0.25) is 5.91 Å². The van der Waals surface area contributed by atoms with E-state index in [-0.39, 0.29) is 23.5 Å². The fraction of sp³-hybridized carbons (Fsp3) is 0.160. The van der Waals surface area contributed by atoms with Gasteiger partial charge in [-0.05, 0) is 55.5 Å². The first-order valence-electron chi connectivity index (χ1n) is 10.5. The van der Waals surface area contributed by atoms with Crippen molar-refractivity contribution in [3.8, 4) is 11.5 Å². The fourth-order valence-electron chi connectivity index (χ4n) is 2.93. The first-order valence-corrected chi connectivity index (χ1v) is 10.5. The predicted molar refractivity (Wildman–Crippen MR) is 126 cm³/mol. The molecule has 9 heteroatoms. The van der Waals surface area contributed by atoms with E-state index < -0.39 is 30.1 Å². The molecule has 34 heavy (non-hydrogen) atoms. The molecule has 0 heterocycles. The van der Waals surface area contributed by atoms with Crippen LogP contribution >= 0.6 is 0 Å². The van der Waals surface area contributed by atoms with Crippen LogP contribution in [0, 0.1) is 5.82 Å². The lowest BCUT2D eigenvalue weighted by molar-refractivity contribution is -0.118. The van der Waals surface area contributed by atoms with Gasteiger partial charge in [-0.15, -0.1) is 0 Å². The Bertz CT molecular complexity index is 1150. The zero-order valence-electron chi connectivity index (χ0n) is 18.5. The second-order valence-corrected chi connectivity index (χ2v) is 7.00. The topological polar surface area (TPSA) is 106 Å². The lowest BCUT2D eigenvalue weighted by Crippen LogP contribution is -2.33. The second-order valence-electron chi connectivity index (χ2n) is 7.00. The van der Waals surface area contributed by atoms with Gasteiger partial charge in [-0.3, -0.25) is 14.4 Å². The van der Waals surface area contributed by atoms with Crippen LogP contribution in [0.2, 0.25) is 0 Å². The van der Waals surface area contributed by atoms with Crippen molar-refractivity contribution in [3.63, 3.8) is 0 Å². The highest BCUT2D eigenvalue weighted by atomic mass is 19.1. The molecule has 3 N–H and O–H groups in total. The summed E-state index contributed by atoms with van der Waals surface area (Å²) in [7, 11) is 0. The van der Waals surface area contributed by atoms with Crippen LogP contribution in [0.3, 0.4) is 0 Å². The highest BCUT2D eigenvalue weighted by Gasteiger charge is 2.15. The SMILES string of the molecule is CCOc1ccc(NC(=O)CNC(=O)c2ccccc2OCC(=O)Nc2ccccc2F)cc1. The number of para-hydroxylation sites is 2. The number of ether oxygens (including phenoxy) is 2. The van der Waals surface area contributed by atoms with E-state index in [0.29, 0.717) is 18.0 Å². The summed E-state index contributed by atoms with van der Waals surface area (Å²) in [5.41, 5.74) is 0.739. The molecule has 176 valence electrons. The van der Waals surface area contributed by atoms with Crippen LogP contribution in [0.1, 0.15) is 17.3 Å². The van der Waals surface area contributed by atoms with Gasteiger partial charge in [-0.2, -0.15) is 0 Å². The number of nitrogens with one attached hydrogen (secondary N) is 3. The molecule has 0 unspecified atom stereocenters. The highest BCUT2D eigenvalue weighted by molar-refractivity contribution is 6.01. The van der Waals surface area contributed by atoms with Crippen LogP contribution in [0.4, 0.5) is 15.8 Å². The van der Waals surface area contributed by atoms with Crippen LogP contribution in [0.25, 0.3) is 0 Å². The van der Waals surface area contributed by atoms with E-state index in [0.717, 1.165) is 0 Å². The van der Waals surface area contributed by atoms with Gasteiger partial charge in [0.1, 0.15) is 17.3 Å². The average Bonchev–Trinajstić information content (AvgIpc) is 2.84. The van der Waals surface area contributed by atoms with Crippen molar-refractivity contribution >= 4 is 29.1 Å². The number of halogens is 1. The number of hydrogen-bond acceptors (Lipinski definition) is 5. The van der Waals surface area contributed by atoms with Gasteiger partial charge in [-0.1, -0.05) is 24.3 Å². The van der Waals surface area contributed by atoms with Crippen LogP contribution in [0.5, 0.6) is 11.5 Å². The minimum Gasteiger partial charge on any atom is -0.494 e. The summed E-state index contributed by atoms with van der Waals surface area (Å²) in [5, 5.41) is 7.60. The second kappa shape index (κ2) is 12.0. The number of carbonyl (C=O) groups excluding carboxylic acids is 3. The van der Waals surface area contributed by atoms with Gasteiger partial charge in [0.05, 0.1) is 24.4 Å². The van der Waals surface area contributed by atoms with Gasteiger partial charge < -0.3 is 25.4 Å². The summed E-state index contributed by atoms with van der Waals surface area (Å²) in [6, 6.07) is 18.9. The third-order valence-corrected chi connectivity index (χ3v) is 4.50. The van der Waals surface area contributed by atoms with Crippen LogP contribution in [0.15, 0.2) is 72.8 Å². The highest BCUT2D eigenvalue weighted by Crippen LogP contribution is 2.19. The first kappa shape index (κ1) is 24.2. The quantitative estimate of drug-likeness (QED) is 0.424. The summed E-state index contributed by atoms with van der Waals surface area (Å²) >= 11 is 0. The molecular formula is C25H24FN3O5. The monoisotopic (exact) mass is 465 g/mol. The molecule has 0 aliphatic rings. The van der Waals surface area contributed by atoms with Gasteiger partial charge >= 0.3 is 0 Å². The average molecular weight is 465 g/mol. The molecule has 0 aliphatic heterocycles. The van der Waals surface area contributed by atoms with Crippen molar-refractivity contribution in [2.75, 3.05) is 30.4 Å². The van der Waals surface area contributed by atoms with Crippen molar-refractivity contribution in [1.29, 1.82) is 0 Å². The largest absolute Gasteiger partial charge is 0.494 e. The molecule has 0 aliphatic carbocycles. The fourth-order valence-corrected chi connectivity index (χ4v) is 2.93. The molecule has 3 aromatic rings. The number of anilines is 2. The molecule has 3 aromatic carbocycles. The van der Waals surface area contributed by atoms with Gasteiger partial charge in [0.15, 0.2) is 6.61 Å². The Balaban J connectivity index is 1.51. The normalized spacial score (nSPS) is 10.2. The molecule has 0 radical (unpaired) electrons. The lowest BCUT2D eigenvalue weighted by Gasteiger charge is -2.12. The van der Waals surface area contributed by atoms with Crippen LogP contribution in [-0.4, -0.2) is 37.5 Å². The Morgan fingerprint density at radius 2 is 1.53 bits per heavy atom. The molecule has 3 rings (SSSR count). The smallest absolute Gasteiger partial charge is 0.262 e. The third kappa shape index (κ3) is 7.06. The van der Waals surface area contributed by atoms with E-state index in [9.17, 15) is 18.8 Å². The summed E-state index contributed by atoms with van der Waals surface area (Å²) in [4.78, 5) is 36.9. The summed E-state index contributed by atoms with van der Waals surface area (Å²) < 4.78 is 24.5. The summed E-state index contributed by atoms with van der Waals surface area (Å²) in [5.74, 6) is -1.29. The van der Waals surface area contributed by atoms with E-state index in [1.54, 1.807) is 42.5 Å². The molecule has 0 fully saturated rings. The summed E-state index contributed by atoms with van der Waals surface area (Å²) in [6.07, 6.45) is 0. The summed E-state index contributed by atoms with van der Waals surface area (Å²) in [6.45, 7) is 1.71. The van der Waals surface area contributed by atoms with Gasteiger partial charge in [0, 0.05) is 5.69 Å². The van der Waals surface area contributed by atoms with E-state index in [2.05, 4.69) is 16.0 Å². The van der Waals surface area contributed by atoms with Crippen molar-refractivity contribution in [2.24, 2.45) is 0 Å². The molecule has 0 aromatic heterocycles. The molecule has 8 nitrogen and oxygen atoms in total. The van der Waals surface area contributed by atoms with Crippen molar-refractivity contribution < 1.29 is 28.2 Å². The third-order valence-electron chi connectivity index (χ3n) is 4.50. The number of benzene rings is 3. The van der Waals surface area contributed by atoms with E-state index in [1.807, 2.05) is 6.92 Å². The van der Waals surface area contributed by atoms with Crippen molar-refractivity contribution in [2.45, 2.75) is 6.92 Å². The molecular weight excluding hydrogens is 441 g/mol. The van der Waals surface area contributed by atoms with Gasteiger partial charge in [-0.25, -0.2) is 4.39 Å². The molecule has 0 spiro atoms. The minimum atomic E-state index is -0.588. The molecule has 0 atom stereocenters. The Hall–Kier alpha value is -4.40. The number of rotatable bonds is 10. The molecule has 0 bridgehead atoms. The van der Waals surface area contributed by atoms with E-state index >= 15 is 0 Å². The maximum absolute atomic E-state index is 13.7. The standard InChI is InChI=1S/C25H24FN3O5/c1-2-33-18-13-11-17(12-14-18)28-23(30)15-27-25(32)19-7-3-6-10-22(19)34-16-24(31)29-21-9-5-4-8-20(21)26/h3-14H,2,15-16H2,1H3,(H,27,32)(H,28,30)(H,29,31). The Kier molecular flexibility index (Phi) is 8.56. The van der Waals surface area contributed by atoms with Crippen molar-refractivity contribution in [1.82, 2.24) is 5.32 Å². The van der Waals surface area contributed by atoms with Crippen LogP contribution in [-0.2, 0) is 9.59 Å². The Morgan fingerprint density at radius 1 is 0.824 bits per heavy atom. The number of hydrogen-bond donors (Lipinski definition) is 3. The lowest BCUT2D eigenvalue weighted by atomic mass is 10.2. The maximum Gasteiger partial charge on any atom is 0.262 e. The molecule has 0 saturated carbocycles. The van der Waals surface area contributed by atoms with E-state index in [4.69, 9.17) is 9.47 Å². The number of amides is 3. The molecule has 3 amide bonds. The van der Waals surface area contributed by atoms with Crippen molar-refractivity contribution in [3.05, 3.63) is 84.2 Å². The van der Waals surface area contributed by atoms with Crippen LogP contribution < -0.4 is 25.4 Å². The molecule has 0 saturated heterocycles. The minimum absolute atomic E-state index is 0.0284. The Morgan fingerprint density at radius 3 is 2.26 bits per heavy atom. The zero-order valence-corrected chi connectivity index (χ0v) is 18.5. The maximum atomic E-state index is 13.7. The van der Waals surface area contributed by atoms with E-state index in [1.165, 1.54) is 30.3 Å². The number of carbonyl (C=O) groups is 3. The predicted octanol–water partition coefficient (Wildman–Crippen LogP) is 3.61. The first-order chi connectivity index (χ1) is 16.5.